The Labute approximate surface area is 96.0 Å². The van der Waals surface area contributed by atoms with Crippen molar-refractivity contribution in [3.63, 3.8) is 0 Å². The van der Waals surface area contributed by atoms with Crippen LogP contribution in [0.25, 0.3) is 0 Å². The summed E-state index contributed by atoms with van der Waals surface area (Å²) in [5.41, 5.74) is 6.08. The van der Waals surface area contributed by atoms with E-state index in [0.717, 1.165) is 6.26 Å². The van der Waals surface area contributed by atoms with Crippen LogP contribution in [0.5, 0.6) is 5.75 Å². The van der Waals surface area contributed by atoms with E-state index in [9.17, 15) is 13.5 Å². The molecule has 5 heteroatoms. The van der Waals surface area contributed by atoms with Crippen molar-refractivity contribution in [3.05, 3.63) is 23.8 Å². The quantitative estimate of drug-likeness (QED) is 0.834. The molecule has 0 spiro atoms. The molecule has 16 heavy (non-hydrogen) atoms. The molecule has 90 valence electrons. The van der Waals surface area contributed by atoms with Crippen molar-refractivity contribution in [2.45, 2.75) is 24.2 Å². The largest absolute Gasteiger partial charge is 0.507 e. The number of hydrogen-bond donors (Lipinski definition) is 2. The summed E-state index contributed by atoms with van der Waals surface area (Å²) >= 11 is 0. The number of phenols is 1. The van der Waals surface area contributed by atoms with Gasteiger partial charge in [-0.2, -0.15) is 0 Å². The Morgan fingerprint density at radius 1 is 1.44 bits per heavy atom. The monoisotopic (exact) mass is 243 g/mol. The van der Waals surface area contributed by atoms with Gasteiger partial charge in [0.15, 0.2) is 9.84 Å². The molecule has 4 nitrogen and oxygen atoms in total. The van der Waals surface area contributed by atoms with Crippen LogP contribution in [0.1, 0.15) is 24.8 Å². The van der Waals surface area contributed by atoms with Gasteiger partial charge in [0.05, 0.1) is 0 Å². The molecule has 1 atom stereocenters. The van der Waals surface area contributed by atoms with Gasteiger partial charge in [-0.1, -0.05) is 19.1 Å². The molecule has 0 heterocycles. The highest BCUT2D eigenvalue weighted by molar-refractivity contribution is 7.90. The van der Waals surface area contributed by atoms with Gasteiger partial charge in [-0.3, -0.25) is 0 Å². The lowest BCUT2D eigenvalue weighted by Gasteiger charge is -2.15. The molecule has 0 saturated carbocycles. The second-order valence-electron chi connectivity index (χ2n) is 3.95. The molecular formula is C11H17NO3S. The van der Waals surface area contributed by atoms with E-state index >= 15 is 0 Å². The van der Waals surface area contributed by atoms with Gasteiger partial charge < -0.3 is 10.8 Å². The zero-order chi connectivity index (χ0) is 12.3. The summed E-state index contributed by atoms with van der Waals surface area (Å²) in [4.78, 5) is 0.0240. The fourth-order valence-corrected chi connectivity index (χ4v) is 2.89. The Bertz CT molecular complexity index is 468. The minimum Gasteiger partial charge on any atom is -0.507 e. The lowest BCUT2D eigenvalue weighted by Crippen LogP contribution is -2.09. The first-order valence-corrected chi connectivity index (χ1v) is 6.99. The highest BCUT2D eigenvalue weighted by atomic mass is 32.2. The average molecular weight is 243 g/mol. The van der Waals surface area contributed by atoms with Crippen LogP contribution >= 0.6 is 0 Å². The fourth-order valence-electron chi connectivity index (χ4n) is 1.74. The summed E-state index contributed by atoms with van der Waals surface area (Å²) in [6, 6.07) is 4.75. The predicted octanol–water partition coefficient (Wildman–Crippen LogP) is 1.25. The van der Waals surface area contributed by atoms with Gasteiger partial charge in [0.25, 0.3) is 0 Å². The lowest BCUT2D eigenvalue weighted by molar-refractivity contribution is 0.455. The molecule has 0 radical (unpaired) electrons. The van der Waals surface area contributed by atoms with Crippen LogP contribution in [-0.2, 0) is 9.84 Å². The number of hydrogen-bond acceptors (Lipinski definition) is 4. The normalized spacial score (nSPS) is 13.7. The molecular weight excluding hydrogens is 226 g/mol. The second-order valence-corrected chi connectivity index (χ2v) is 5.90. The molecule has 0 aliphatic heterocycles. The van der Waals surface area contributed by atoms with Crippen molar-refractivity contribution in [1.29, 1.82) is 0 Å². The highest BCUT2D eigenvalue weighted by Crippen LogP contribution is 2.32. The maximum atomic E-state index is 11.6. The Hall–Kier alpha value is -1.07. The van der Waals surface area contributed by atoms with Crippen LogP contribution in [0.4, 0.5) is 0 Å². The van der Waals surface area contributed by atoms with Crippen LogP contribution in [0.15, 0.2) is 23.1 Å². The average Bonchev–Trinajstić information content (AvgIpc) is 2.15. The van der Waals surface area contributed by atoms with E-state index in [1.54, 1.807) is 12.1 Å². The summed E-state index contributed by atoms with van der Waals surface area (Å²) in [6.45, 7) is 2.39. The van der Waals surface area contributed by atoms with Crippen LogP contribution < -0.4 is 5.73 Å². The summed E-state index contributed by atoms with van der Waals surface area (Å²) in [7, 11) is -3.42. The summed E-state index contributed by atoms with van der Waals surface area (Å²) < 4.78 is 23.2. The van der Waals surface area contributed by atoms with Crippen LogP contribution in [0.3, 0.4) is 0 Å². The zero-order valence-corrected chi connectivity index (χ0v) is 10.3. The molecule has 1 rings (SSSR count). The Morgan fingerprint density at radius 3 is 2.56 bits per heavy atom. The molecule has 1 unspecified atom stereocenters. The molecule has 1 aromatic carbocycles. The van der Waals surface area contributed by atoms with Crippen molar-refractivity contribution in [2.24, 2.45) is 5.73 Å². The van der Waals surface area contributed by atoms with Gasteiger partial charge in [-0.15, -0.1) is 0 Å². The summed E-state index contributed by atoms with van der Waals surface area (Å²) in [6.07, 6.45) is 1.78. The first kappa shape index (κ1) is 13.0. The zero-order valence-electron chi connectivity index (χ0n) is 9.47. The second kappa shape index (κ2) is 4.84. The van der Waals surface area contributed by atoms with Crippen molar-refractivity contribution < 1.29 is 13.5 Å². The molecule has 0 aliphatic rings. The van der Waals surface area contributed by atoms with E-state index < -0.39 is 9.84 Å². The summed E-state index contributed by atoms with van der Waals surface area (Å²) in [5, 5.41) is 9.63. The predicted molar refractivity (Wildman–Crippen MR) is 63.3 cm³/mol. The Balaban J connectivity index is 3.35. The minimum absolute atomic E-state index is 0.0156. The molecule has 3 N–H and O–H groups in total. The van der Waals surface area contributed by atoms with Gasteiger partial charge >= 0.3 is 0 Å². The third-order valence-electron chi connectivity index (χ3n) is 2.53. The molecule has 0 aromatic heterocycles. The number of phenolic OH excluding ortho intramolecular Hbond substituents is 1. The molecule has 0 aliphatic carbocycles. The maximum Gasteiger partial charge on any atom is 0.179 e. The number of rotatable bonds is 4. The molecule has 0 saturated heterocycles. The molecule has 0 amide bonds. The molecule has 0 fully saturated rings. The van der Waals surface area contributed by atoms with E-state index in [0.29, 0.717) is 18.5 Å². The van der Waals surface area contributed by atoms with E-state index in [1.807, 2.05) is 6.92 Å². The van der Waals surface area contributed by atoms with Crippen LogP contribution in [-0.4, -0.2) is 26.3 Å². The Morgan fingerprint density at radius 2 is 2.06 bits per heavy atom. The topological polar surface area (TPSA) is 80.4 Å². The first-order chi connectivity index (χ1) is 7.38. The van der Waals surface area contributed by atoms with Crippen molar-refractivity contribution in [1.82, 2.24) is 0 Å². The van der Waals surface area contributed by atoms with E-state index in [1.165, 1.54) is 6.07 Å². The summed E-state index contributed by atoms with van der Waals surface area (Å²) in [5.74, 6) is -0.175. The van der Waals surface area contributed by atoms with Crippen LogP contribution in [0.2, 0.25) is 0 Å². The third-order valence-corrected chi connectivity index (χ3v) is 3.71. The van der Waals surface area contributed by atoms with Gasteiger partial charge in [0.2, 0.25) is 0 Å². The fraction of sp³-hybridized carbons (Fsp3) is 0.455. The van der Waals surface area contributed by atoms with Gasteiger partial charge in [-0.05, 0) is 30.5 Å². The van der Waals surface area contributed by atoms with Gasteiger partial charge in [0.1, 0.15) is 10.6 Å². The Kier molecular flexibility index (Phi) is 3.93. The van der Waals surface area contributed by atoms with Gasteiger partial charge in [0, 0.05) is 6.26 Å². The number of sulfone groups is 1. The van der Waals surface area contributed by atoms with Crippen molar-refractivity contribution >= 4 is 9.84 Å². The van der Waals surface area contributed by atoms with Crippen molar-refractivity contribution in [2.75, 3.05) is 12.8 Å². The first-order valence-electron chi connectivity index (χ1n) is 5.10. The highest BCUT2D eigenvalue weighted by Gasteiger charge is 2.21. The van der Waals surface area contributed by atoms with Crippen LogP contribution in [0, 0.1) is 0 Å². The number of aromatic hydroxyl groups is 1. The lowest BCUT2D eigenvalue weighted by atomic mass is 9.97. The molecule has 1 aromatic rings. The smallest absolute Gasteiger partial charge is 0.179 e. The standard InChI is InChI=1S/C11H17NO3S/c1-8(6-7-12)9-4-3-5-10(13)11(9)16(2,14)15/h3-5,8,13H,6-7,12H2,1-2H3. The maximum absolute atomic E-state index is 11.6. The van der Waals surface area contributed by atoms with E-state index in [2.05, 4.69) is 0 Å². The molecule has 0 bridgehead atoms. The number of benzene rings is 1. The minimum atomic E-state index is -3.42. The van der Waals surface area contributed by atoms with Crippen molar-refractivity contribution in [3.8, 4) is 5.75 Å². The van der Waals surface area contributed by atoms with E-state index in [-0.39, 0.29) is 16.6 Å². The third kappa shape index (κ3) is 2.74. The van der Waals surface area contributed by atoms with Gasteiger partial charge in [-0.25, -0.2) is 8.42 Å². The van der Waals surface area contributed by atoms with E-state index in [4.69, 9.17) is 5.73 Å². The number of nitrogens with two attached hydrogens (primary N) is 1. The SMILES string of the molecule is CC(CCN)c1cccc(O)c1S(C)(=O)=O.